The Morgan fingerprint density at radius 2 is 1.76 bits per heavy atom. The Balaban J connectivity index is 2.03. The van der Waals surface area contributed by atoms with Gasteiger partial charge in [0.25, 0.3) is 0 Å². The zero-order chi connectivity index (χ0) is 17.8. The molecular formula is C20H18Cl3NO. The third kappa shape index (κ3) is 4.20. The molecule has 0 aliphatic heterocycles. The lowest BCUT2D eigenvalue weighted by molar-refractivity contribution is -0.109. The maximum Gasteiger partial charge on any atom is 0.207 e. The smallest absolute Gasteiger partial charge is 0.207 e. The summed E-state index contributed by atoms with van der Waals surface area (Å²) in [6.45, 7) is 0.614. The molecule has 0 fully saturated rings. The number of hydrogen-bond acceptors (Lipinski definition) is 1. The molecule has 0 heterocycles. The molecule has 3 atom stereocenters. The summed E-state index contributed by atoms with van der Waals surface area (Å²) in [4.78, 5) is 10.8. The van der Waals surface area contributed by atoms with Gasteiger partial charge in [-0.2, -0.15) is 0 Å². The predicted molar refractivity (Wildman–Crippen MR) is 105 cm³/mol. The van der Waals surface area contributed by atoms with Crippen molar-refractivity contribution in [3.63, 3.8) is 0 Å². The van der Waals surface area contributed by atoms with Crippen molar-refractivity contribution in [1.82, 2.24) is 5.32 Å². The molecule has 0 bridgehead atoms. The number of amides is 1. The van der Waals surface area contributed by atoms with Crippen molar-refractivity contribution >= 4 is 41.2 Å². The Hall–Kier alpha value is -1.48. The van der Waals surface area contributed by atoms with Gasteiger partial charge in [0, 0.05) is 27.5 Å². The van der Waals surface area contributed by atoms with Crippen LogP contribution in [0.1, 0.15) is 29.4 Å². The molecule has 2 aromatic rings. The number of allylic oxidation sites excluding steroid dienone is 2. The number of hydrogen-bond donors (Lipinski definition) is 1. The molecule has 5 heteroatoms. The van der Waals surface area contributed by atoms with E-state index in [1.54, 1.807) is 6.07 Å². The maximum absolute atomic E-state index is 10.8. The molecule has 1 N–H and O–H groups in total. The van der Waals surface area contributed by atoms with Gasteiger partial charge in [-0.15, -0.1) is 0 Å². The SMILES string of the molecule is O=CNC[C@@H]1CC=CC(c2ccc(Cl)cc2Cl)[C@@H]1c1ccc(Cl)cc1. The maximum atomic E-state index is 10.8. The Bertz CT molecular complexity index is 773. The van der Waals surface area contributed by atoms with E-state index in [-0.39, 0.29) is 17.8 Å². The Kier molecular flexibility index (Phi) is 6.06. The van der Waals surface area contributed by atoms with Crippen LogP contribution in [0.5, 0.6) is 0 Å². The third-order valence-electron chi connectivity index (χ3n) is 4.72. The van der Waals surface area contributed by atoms with Crippen molar-refractivity contribution in [2.24, 2.45) is 5.92 Å². The Labute approximate surface area is 162 Å². The van der Waals surface area contributed by atoms with Crippen molar-refractivity contribution in [3.8, 4) is 0 Å². The summed E-state index contributed by atoms with van der Waals surface area (Å²) in [6, 6.07) is 13.5. The highest BCUT2D eigenvalue weighted by Crippen LogP contribution is 2.46. The number of nitrogens with one attached hydrogen (secondary N) is 1. The molecule has 2 aromatic carbocycles. The van der Waals surface area contributed by atoms with Crippen molar-refractivity contribution in [2.75, 3.05) is 6.54 Å². The fourth-order valence-electron chi connectivity index (χ4n) is 3.60. The van der Waals surface area contributed by atoms with Crippen LogP contribution in [0.3, 0.4) is 0 Å². The molecule has 1 amide bonds. The Morgan fingerprint density at radius 3 is 2.44 bits per heavy atom. The predicted octanol–water partition coefficient (Wildman–Crippen LogP) is 5.84. The standard InChI is InChI=1S/C20H18Cl3NO/c21-15-6-4-13(5-7-15)20-14(11-24-12-25)2-1-3-18(20)17-9-8-16(22)10-19(17)23/h1,3-10,12,14,18,20H,2,11H2,(H,24,25)/t14-,18?,20+/m0/s1. The second-order valence-corrected chi connectivity index (χ2v) is 7.50. The van der Waals surface area contributed by atoms with Crippen LogP contribution in [-0.4, -0.2) is 13.0 Å². The highest BCUT2D eigenvalue weighted by atomic mass is 35.5. The van der Waals surface area contributed by atoms with Gasteiger partial charge in [0.1, 0.15) is 0 Å². The van der Waals surface area contributed by atoms with Crippen LogP contribution in [0.25, 0.3) is 0 Å². The van der Waals surface area contributed by atoms with Gasteiger partial charge in [-0.05, 0) is 53.6 Å². The normalized spacial score (nSPS) is 22.6. The largest absolute Gasteiger partial charge is 0.358 e. The fraction of sp³-hybridized carbons (Fsp3) is 0.250. The van der Waals surface area contributed by atoms with Crippen LogP contribution in [0, 0.1) is 5.92 Å². The van der Waals surface area contributed by atoms with Gasteiger partial charge < -0.3 is 5.32 Å². The van der Waals surface area contributed by atoms with Gasteiger partial charge in [-0.25, -0.2) is 0 Å². The van der Waals surface area contributed by atoms with E-state index >= 15 is 0 Å². The van der Waals surface area contributed by atoms with Gasteiger partial charge >= 0.3 is 0 Å². The van der Waals surface area contributed by atoms with Gasteiger partial charge in [0.2, 0.25) is 6.41 Å². The molecule has 0 spiro atoms. The summed E-state index contributed by atoms with van der Waals surface area (Å²) in [6.07, 6.45) is 6.02. The highest BCUT2D eigenvalue weighted by Gasteiger charge is 2.33. The molecule has 2 nitrogen and oxygen atoms in total. The van der Waals surface area contributed by atoms with Crippen molar-refractivity contribution < 1.29 is 4.79 Å². The van der Waals surface area contributed by atoms with E-state index in [1.165, 1.54) is 5.56 Å². The van der Waals surface area contributed by atoms with E-state index in [9.17, 15) is 4.79 Å². The molecule has 0 saturated heterocycles. The number of halogens is 3. The lowest BCUT2D eigenvalue weighted by Crippen LogP contribution is -2.31. The molecular weight excluding hydrogens is 377 g/mol. The number of benzene rings is 2. The first kappa shape index (κ1) is 18.3. The first-order valence-electron chi connectivity index (χ1n) is 8.14. The summed E-state index contributed by atoms with van der Waals surface area (Å²) >= 11 is 18.6. The second kappa shape index (κ2) is 8.27. The van der Waals surface area contributed by atoms with Crippen molar-refractivity contribution in [2.45, 2.75) is 18.3 Å². The van der Waals surface area contributed by atoms with E-state index < -0.39 is 0 Å². The fourth-order valence-corrected chi connectivity index (χ4v) is 4.26. The number of rotatable bonds is 5. The first-order valence-corrected chi connectivity index (χ1v) is 9.27. The molecule has 1 aliphatic rings. The lowest BCUT2D eigenvalue weighted by atomic mass is 9.69. The minimum Gasteiger partial charge on any atom is -0.358 e. The van der Waals surface area contributed by atoms with Crippen LogP contribution < -0.4 is 5.32 Å². The van der Waals surface area contributed by atoms with Crippen molar-refractivity contribution in [1.29, 1.82) is 0 Å². The van der Waals surface area contributed by atoms with Gasteiger partial charge in [-0.3, -0.25) is 4.79 Å². The van der Waals surface area contributed by atoms with E-state index in [4.69, 9.17) is 34.8 Å². The summed E-state index contributed by atoms with van der Waals surface area (Å²) in [5.41, 5.74) is 2.22. The zero-order valence-corrected chi connectivity index (χ0v) is 15.7. The second-order valence-electron chi connectivity index (χ2n) is 6.22. The summed E-state index contributed by atoms with van der Waals surface area (Å²) in [5.74, 6) is 0.569. The number of carbonyl (C=O) groups is 1. The molecule has 25 heavy (non-hydrogen) atoms. The van der Waals surface area contributed by atoms with Crippen molar-refractivity contribution in [3.05, 3.63) is 80.8 Å². The summed E-state index contributed by atoms with van der Waals surface area (Å²) < 4.78 is 0. The zero-order valence-electron chi connectivity index (χ0n) is 13.5. The number of carbonyl (C=O) groups excluding carboxylic acids is 1. The molecule has 130 valence electrons. The van der Waals surface area contributed by atoms with E-state index in [0.717, 1.165) is 18.4 Å². The monoisotopic (exact) mass is 393 g/mol. The first-order chi connectivity index (χ1) is 12.1. The average Bonchev–Trinajstić information content (AvgIpc) is 2.60. The van der Waals surface area contributed by atoms with Crippen LogP contribution in [0.4, 0.5) is 0 Å². The quantitative estimate of drug-likeness (QED) is 0.501. The third-order valence-corrected chi connectivity index (χ3v) is 5.53. The molecule has 0 aromatic heterocycles. The molecule has 1 unspecified atom stereocenters. The summed E-state index contributed by atoms with van der Waals surface area (Å²) in [5, 5.41) is 4.82. The van der Waals surface area contributed by atoms with E-state index in [0.29, 0.717) is 21.6 Å². The van der Waals surface area contributed by atoms with Crippen LogP contribution in [0.2, 0.25) is 15.1 Å². The van der Waals surface area contributed by atoms with E-state index in [2.05, 4.69) is 29.6 Å². The average molecular weight is 395 g/mol. The van der Waals surface area contributed by atoms with Gasteiger partial charge in [0.05, 0.1) is 0 Å². The minimum atomic E-state index is 0.109. The molecule has 0 radical (unpaired) electrons. The Morgan fingerprint density at radius 1 is 1.04 bits per heavy atom. The van der Waals surface area contributed by atoms with Gasteiger partial charge in [0.15, 0.2) is 0 Å². The van der Waals surface area contributed by atoms with Crippen LogP contribution in [0.15, 0.2) is 54.6 Å². The minimum absolute atomic E-state index is 0.109. The van der Waals surface area contributed by atoms with Crippen LogP contribution in [-0.2, 0) is 4.79 Å². The molecule has 1 aliphatic carbocycles. The highest BCUT2D eigenvalue weighted by molar-refractivity contribution is 6.35. The molecule has 0 saturated carbocycles. The van der Waals surface area contributed by atoms with E-state index in [1.807, 2.05) is 24.3 Å². The topological polar surface area (TPSA) is 29.1 Å². The van der Waals surface area contributed by atoms with Gasteiger partial charge in [-0.1, -0.05) is 65.2 Å². The lowest BCUT2D eigenvalue weighted by Gasteiger charge is -2.36. The molecule has 3 rings (SSSR count). The van der Waals surface area contributed by atoms with Crippen LogP contribution >= 0.6 is 34.8 Å². The summed E-state index contributed by atoms with van der Waals surface area (Å²) in [7, 11) is 0.